The van der Waals surface area contributed by atoms with Gasteiger partial charge in [-0.15, -0.1) is 0 Å². The fourth-order valence-electron chi connectivity index (χ4n) is 2.92. The van der Waals surface area contributed by atoms with E-state index in [1.807, 2.05) is 12.1 Å². The van der Waals surface area contributed by atoms with Crippen molar-refractivity contribution in [3.63, 3.8) is 0 Å². The summed E-state index contributed by atoms with van der Waals surface area (Å²) in [6, 6.07) is 13.6. The fraction of sp³-hybridized carbons (Fsp3) is 0.368. The van der Waals surface area contributed by atoms with Crippen LogP contribution in [0.4, 0.5) is 4.39 Å². The van der Waals surface area contributed by atoms with E-state index in [4.69, 9.17) is 4.74 Å². The van der Waals surface area contributed by atoms with E-state index in [1.54, 1.807) is 0 Å². The molecule has 0 saturated carbocycles. The largest absolute Gasteiger partial charge is 0.493 e. The van der Waals surface area contributed by atoms with E-state index in [0.717, 1.165) is 43.7 Å². The molecule has 2 nitrogen and oxygen atoms in total. The molecule has 0 radical (unpaired) electrons. The van der Waals surface area contributed by atoms with Gasteiger partial charge in [-0.2, -0.15) is 0 Å². The lowest BCUT2D eigenvalue weighted by Gasteiger charge is -2.27. The van der Waals surface area contributed by atoms with E-state index in [1.165, 1.54) is 23.3 Å². The summed E-state index contributed by atoms with van der Waals surface area (Å²) in [4.78, 5) is 0. The van der Waals surface area contributed by atoms with E-state index in [0.29, 0.717) is 6.04 Å². The highest BCUT2D eigenvalue weighted by molar-refractivity contribution is 5.40. The smallest absolute Gasteiger partial charge is 0.124 e. The third-order valence-corrected chi connectivity index (χ3v) is 4.24. The van der Waals surface area contributed by atoms with Gasteiger partial charge in [0.2, 0.25) is 0 Å². The van der Waals surface area contributed by atoms with Crippen LogP contribution in [-0.2, 0) is 12.8 Å². The fourth-order valence-corrected chi connectivity index (χ4v) is 2.92. The monoisotopic (exact) mass is 299 g/mol. The van der Waals surface area contributed by atoms with Crippen LogP contribution in [0.5, 0.6) is 5.75 Å². The topological polar surface area (TPSA) is 21.3 Å². The molecular formula is C19H22FNO. The minimum absolute atomic E-state index is 0.179. The van der Waals surface area contributed by atoms with Crippen LogP contribution in [0, 0.1) is 5.82 Å². The number of hydrogen-bond acceptors (Lipinski definition) is 2. The number of ether oxygens (including phenoxy) is 1. The molecule has 1 atom stereocenters. The second-order valence-electron chi connectivity index (χ2n) is 5.75. The first-order valence-corrected chi connectivity index (χ1v) is 7.99. The van der Waals surface area contributed by atoms with Gasteiger partial charge in [-0.05, 0) is 48.7 Å². The van der Waals surface area contributed by atoms with Crippen molar-refractivity contribution in [2.24, 2.45) is 0 Å². The number of aryl methyl sites for hydroxylation is 1. The number of fused-ring (bicyclic) bond motifs is 1. The summed E-state index contributed by atoms with van der Waals surface area (Å²) in [6.07, 6.45) is 2.93. The Morgan fingerprint density at radius 2 is 1.91 bits per heavy atom. The van der Waals surface area contributed by atoms with Crippen molar-refractivity contribution >= 4 is 0 Å². The van der Waals surface area contributed by atoms with Crippen LogP contribution >= 0.6 is 0 Å². The molecular weight excluding hydrogens is 277 g/mol. The van der Waals surface area contributed by atoms with Crippen molar-refractivity contribution in [3.8, 4) is 5.75 Å². The predicted octanol–water partition coefficient (Wildman–Crippen LogP) is 4.04. The molecule has 0 fully saturated rings. The maximum Gasteiger partial charge on any atom is 0.124 e. The molecule has 0 spiro atoms. The predicted molar refractivity (Wildman–Crippen MR) is 86.8 cm³/mol. The zero-order valence-corrected chi connectivity index (χ0v) is 12.9. The number of hydrogen-bond donors (Lipinski definition) is 1. The van der Waals surface area contributed by atoms with Gasteiger partial charge in [0.05, 0.1) is 6.61 Å². The first-order valence-electron chi connectivity index (χ1n) is 7.99. The molecule has 0 saturated heterocycles. The summed E-state index contributed by atoms with van der Waals surface area (Å²) in [5, 5.41) is 3.62. The van der Waals surface area contributed by atoms with E-state index < -0.39 is 0 Å². The Morgan fingerprint density at radius 1 is 1.14 bits per heavy atom. The summed E-state index contributed by atoms with van der Waals surface area (Å²) in [6.45, 7) is 3.81. The highest BCUT2D eigenvalue weighted by Gasteiger charge is 2.21. The van der Waals surface area contributed by atoms with Gasteiger partial charge in [0, 0.05) is 18.0 Å². The molecule has 1 N–H and O–H groups in total. The average Bonchev–Trinajstić information content (AvgIpc) is 2.56. The molecule has 1 aliphatic rings. The summed E-state index contributed by atoms with van der Waals surface area (Å²) >= 11 is 0. The van der Waals surface area contributed by atoms with Crippen LogP contribution < -0.4 is 10.1 Å². The van der Waals surface area contributed by atoms with Crippen LogP contribution in [-0.4, -0.2) is 13.2 Å². The Bertz CT molecular complexity index is 624. The number of halogens is 1. The second-order valence-corrected chi connectivity index (χ2v) is 5.75. The van der Waals surface area contributed by atoms with E-state index >= 15 is 0 Å². The Balaban J connectivity index is 1.63. The van der Waals surface area contributed by atoms with Crippen molar-refractivity contribution in [2.45, 2.75) is 32.2 Å². The zero-order chi connectivity index (χ0) is 15.4. The van der Waals surface area contributed by atoms with Gasteiger partial charge in [0.25, 0.3) is 0 Å². The molecule has 0 aromatic heterocycles. The number of nitrogens with one attached hydrogen (secondary N) is 1. The van der Waals surface area contributed by atoms with E-state index in [2.05, 4.69) is 30.4 Å². The van der Waals surface area contributed by atoms with Gasteiger partial charge in [0.15, 0.2) is 0 Å². The number of benzene rings is 2. The van der Waals surface area contributed by atoms with Gasteiger partial charge in [0.1, 0.15) is 11.6 Å². The molecule has 3 rings (SSSR count). The molecule has 0 aliphatic carbocycles. The Kier molecular flexibility index (Phi) is 4.74. The molecule has 0 amide bonds. The third-order valence-electron chi connectivity index (χ3n) is 4.24. The third kappa shape index (κ3) is 3.47. The molecule has 2 aromatic rings. The molecule has 1 heterocycles. The molecule has 3 heteroatoms. The van der Waals surface area contributed by atoms with E-state index in [-0.39, 0.29) is 5.82 Å². The Hall–Kier alpha value is -1.87. The van der Waals surface area contributed by atoms with Crippen molar-refractivity contribution in [1.29, 1.82) is 0 Å². The van der Waals surface area contributed by atoms with Gasteiger partial charge in [-0.1, -0.05) is 31.2 Å². The van der Waals surface area contributed by atoms with Crippen molar-refractivity contribution in [1.82, 2.24) is 5.32 Å². The summed E-state index contributed by atoms with van der Waals surface area (Å²) in [5.74, 6) is 0.824. The first-order chi connectivity index (χ1) is 10.8. The van der Waals surface area contributed by atoms with E-state index in [9.17, 15) is 4.39 Å². The maximum absolute atomic E-state index is 12.9. The van der Waals surface area contributed by atoms with Crippen molar-refractivity contribution < 1.29 is 9.13 Å². The van der Waals surface area contributed by atoms with Gasteiger partial charge >= 0.3 is 0 Å². The van der Waals surface area contributed by atoms with Crippen LogP contribution in [0.15, 0.2) is 42.5 Å². The summed E-state index contributed by atoms with van der Waals surface area (Å²) < 4.78 is 18.7. The lowest BCUT2D eigenvalue weighted by Crippen LogP contribution is -2.28. The molecule has 22 heavy (non-hydrogen) atoms. The van der Waals surface area contributed by atoms with Crippen LogP contribution in [0.2, 0.25) is 0 Å². The highest BCUT2D eigenvalue weighted by Crippen LogP contribution is 2.32. The molecule has 116 valence electrons. The minimum atomic E-state index is -0.179. The summed E-state index contributed by atoms with van der Waals surface area (Å²) in [5.41, 5.74) is 3.77. The molecule has 2 aromatic carbocycles. The summed E-state index contributed by atoms with van der Waals surface area (Å²) in [7, 11) is 0. The maximum atomic E-state index is 12.9. The number of rotatable bonds is 5. The van der Waals surface area contributed by atoms with Gasteiger partial charge in [-0.3, -0.25) is 0 Å². The van der Waals surface area contributed by atoms with Gasteiger partial charge < -0.3 is 10.1 Å². The molecule has 1 aliphatic heterocycles. The normalized spacial score (nSPS) is 16.9. The Labute approximate surface area is 131 Å². The van der Waals surface area contributed by atoms with Crippen LogP contribution in [0.1, 0.15) is 36.1 Å². The van der Waals surface area contributed by atoms with Crippen LogP contribution in [0.3, 0.4) is 0 Å². The van der Waals surface area contributed by atoms with Crippen LogP contribution in [0.25, 0.3) is 0 Å². The lowest BCUT2D eigenvalue weighted by molar-refractivity contribution is 0.253. The minimum Gasteiger partial charge on any atom is -0.493 e. The zero-order valence-electron chi connectivity index (χ0n) is 12.9. The standard InChI is InChI=1S/C19H22FNO/c1-2-14-5-8-19-17(13-14)18(10-12-22-19)21-11-9-15-3-6-16(20)7-4-15/h3-8,13,18,21H,2,9-12H2,1H3. The highest BCUT2D eigenvalue weighted by atomic mass is 19.1. The van der Waals surface area contributed by atoms with Crippen molar-refractivity contribution in [2.75, 3.05) is 13.2 Å². The first kappa shape index (κ1) is 15.0. The quantitative estimate of drug-likeness (QED) is 0.899. The molecule has 0 bridgehead atoms. The SMILES string of the molecule is CCc1ccc2c(c1)C(NCCc1ccc(F)cc1)CCO2. The molecule has 1 unspecified atom stereocenters. The average molecular weight is 299 g/mol. The Morgan fingerprint density at radius 3 is 2.68 bits per heavy atom. The van der Waals surface area contributed by atoms with Crippen molar-refractivity contribution in [3.05, 3.63) is 65.0 Å². The lowest BCUT2D eigenvalue weighted by atomic mass is 9.97. The van der Waals surface area contributed by atoms with Gasteiger partial charge in [-0.25, -0.2) is 4.39 Å². The second kappa shape index (κ2) is 6.93.